The molecule has 3 N–H and O–H groups in total. The van der Waals surface area contributed by atoms with Crippen molar-refractivity contribution in [1.29, 1.82) is 5.26 Å². The molecular formula is C12H16N2O4. The van der Waals surface area contributed by atoms with Crippen LogP contribution in [0.3, 0.4) is 0 Å². The molecule has 18 heavy (non-hydrogen) atoms. The van der Waals surface area contributed by atoms with E-state index < -0.39 is 18.2 Å². The molecule has 0 saturated heterocycles. The number of aromatic nitrogens is 1. The van der Waals surface area contributed by atoms with Gasteiger partial charge in [-0.25, -0.2) is 4.79 Å². The number of esters is 1. The lowest BCUT2D eigenvalue weighted by atomic mass is 10.0. The van der Waals surface area contributed by atoms with Gasteiger partial charge in [-0.2, -0.15) is 5.26 Å². The van der Waals surface area contributed by atoms with Gasteiger partial charge in [0.05, 0.1) is 12.7 Å². The molecule has 0 aliphatic rings. The summed E-state index contributed by atoms with van der Waals surface area (Å²) in [5.74, 6) is -0.525. The summed E-state index contributed by atoms with van der Waals surface area (Å²) in [6.45, 7) is 5.21. The number of ether oxygens (including phenoxy) is 1. The molecule has 0 saturated carbocycles. The highest BCUT2D eigenvalue weighted by atomic mass is 16.5. The van der Waals surface area contributed by atoms with Gasteiger partial charge in [0.25, 0.3) is 0 Å². The van der Waals surface area contributed by atoms with Gasteiger partial charge >= 0.3 is 5.97 Å². The molecular weight excluding hydrogens is 236 g/mol. The Morgan fingerprint density at radius 2 is 2.11 bits per heavy atom. The standard InChI is InChI=1S/C12H16N2O4/c1-4-18-12(17)10-6(2)9(7(3)14-10)11(16)8(15)5-13/h8,11,14-16H,4H2,1-3H3. The van der Waals surface area contributed by atoms with Gasteiger partial charge in [-0.05, 0) is 26.3 Å². The topological polar surface area (TPSA) is 106 Å². The largest absolute Gasteiger partial charge is 0.461 e. The molecule has 1 aromatic heterocycles. The molecule has 0 radical (unpaired) electrons. The van der Waals surface area contributed by atoms with Crippen molar-refractivity contribution in [3.63, 3.8) is 0 Å². The molecule has 0 spiro atoms. The minimum atomic E-state index is -1.53. The molecule has 0 aliphatic carbocycles. The zero-order valence-corrected chi connectivity index (χ0v) is 10.5. The summed E-state index contributed by atoms with van der Waals surface area (Å²) in [5.41, 5.74) is 1.59. The Hall–Kier alpha value is -1.84. The Kier molecular flexibility index (Phi) is 4.48. The molecule has 6 heteroatoms. The highest BCUT2D eigenvalue weighted by Gasteiger charge is 2.27. The van der Waals surface area contributed by atoms with Crippen LogP contribution in [0.5, 0.6) is 0 Å². The van der Waals surface area contributed by atoms with Crippen molar-refractivity contribution in [2.24, 2.45) is 0 Å². The van der Waals surface area contributed by atoms with E-state index in [4.69, 9.17) is 10.00 Å². The number of aryl methyl sites for hydroxylation is 1. The SMILES string of the molecule is CCOC(=O)c1[nH]c(C)c(C(O)C(O)C#N)c1C. The van der Waals surface area contributed by atoms with Gasteiger partial charge < -0.3 is 19.9 Å². The van der Waals surface area contributed by atoms with Crippen molar-refractivity contribution < 1.29 is 19.7 Å². The quantitative estimate of drug-likeness (QED) is 0.541. The van der Waals surface area contributed by atoms with E-state index >= 15 is 0 Å². The number of nitrogens with zero attached hydrogens (tertiary/aromatic N) is 1. The van der Waals surface area contributed by atoms with Gasteiger partial charge in [-0.1, -0.05) is 0 Å². The predicted molar refractivity (Wildman–Crippen MR) is 62.8 cm³/mol. The van der Waals surface area contributed by atoms with Crippen molar-refractivity contribution in [2.45, 2.75) is 33.0 Å². The maximum absolute atomic E-state index is 11.6. The number of nitrogens with one attached hydrogen (secondary N) is 1. The second-order valence-corrected chi connectivity index (χ2v) is 3.90. The van der Waals surface area contributed by atoms with E-state index in [2.05, 4.69) is 4.98 Å². The first kappa shape index (κ1) is 14.2. The smallest absolute Gasteiger partial charge is 0.355 e. The molecule has 1 aromatic rings. The first-order valence-electron chi connectivity index (χ1n) is 5.55. The van der Waals surface area contributed by atoms with Crippen molar-refractivity contribution >= 4 is 5.97 Å². The molecule has 0 amide bonds. The van der Waals surface area contributed by atoms with Gasteiger partial charge in [-0.3, -0.25) is 0 Å². The average Bonchev–Trinajstić information content (AvgIpc) is 2.63. The lowest BCUT2D eigenvalue weighted by molar-refractivity contribution is 0.0506. The molecule has 0 bridgehead atoms. The van der Waals surface area contributed by atoms with Crippen LogP contribution in [-0.4, -0.2) is 33.9 Å². The number of rotatable bonds is 4. The summed E-state index contributed by atoms with van der Waals surface area (Å²) in [6, 6.07) is 1.56. The zero-order valence-electron chi connectivity index (χ0n) is 10.5. The van der Waals surface area contributed by atoms with E-state index in [-0.39, 0.29) is 12.3 Å². The number of aliphatic hydroxyl groups excluding tert-OH is 2. The fourth-order valence-electron chi connectivity index (χ4n) is 1.84. The van der Waals surface area contributed by atoms with Crippen molar-refractivity contribution in [1.82, 2.24) is 4.98 Å². The highest BCUT2D eigenvalue weighted by molar-refractivity contribution is 5.89. The Bertz CT molecular complexity index is 487. The molecule has 98 valence electrons. The van der Waals surface area contributed by atoms with E-state index in [0.29, 0.717) is 16.8 Å². The molecule has 2 atom stereocenters. The van der Waals surface area contributed by atoms with Gasteiger partial charge in [0.1, 0.15) is 11.8 Å². The highest BCUT2D eigenvalue weighted by Crippen LogP contribution is 2.27. The van der Waals surface area contributed by atoms with E-state index in [1.165, 1.54) is 0 Å². The number of H-pyrrole nitrogens is 1. The first-order valence-corrected chi connectivity index (χ1v) is 5.55. The van der Waals surface area contributed by atoms with Crippen molar-refractivity contribution in [2.75, 3.05) is 6.61 Å². The average molecular weight is 252 g/mol. The van der Waals surface area contributed by atoms with Crippen molar-refractivity contribution in [3.05, 3.63) is 22.5 Å². The zero-order chi connectivity index (χ0) is 13.9. The lowest BCUT2D eigenvalue weighted by Gasteiger charge is -2.12. The van der Waals surface area contributed by atoms with Crippen LogP contribution in [0, 0.1) is 25.2 Å². The van der Waals surface area contributed by atoms with E-state index in [0.717, 1.165) is 0 Å². The maximum atomic E-state index is 11.6. The molecule has 6 nitrogen and oxygen atoms in total. The molecule has 0 aromatic carbocycles. The van der Waals surface area contributed by atoms with Crippen LogP contribution in [0.4, 0.5) is 0 Å². The summed E-state index contributed by atoms with van der Waals surface area (Å²) in [5, 5.41) is 27.8. The summed E-state index contributed by atoms with van der Waals surface area (Å²) in [6.07, 6.45) is -2.89. The minimum absolute atomic E-state index is 0.230. The first-order chi connectivity index (χ1) is 8.43. The van der Waals surface area contributed by atoms with Gasteiger partial charge in [0.15, 0.2) is 6.10 Å². The third-order valence-electron chi connectivity index (χ3n) is 2.70. The van der Waals surface area contributed by atoms with Gasteiger partial charge in [-0.15, -0.1) is 0 Å². The van der Waals surface area contributed by atoms with Crippen molar-refractivity contribution in [3.8, 4) is 6.07 Å². The van der Waals surface area contributed by atoms with Crippen LogP contribution in [0.15, 0.2) is 0 Å². The summed E-state index contributed by atoms with van der Waals surface area (Å²) in [4.78, 5) is 14.4. The van der Waals surface area contributed by atoms with E-state index in [9.17, 15) is 15.0 Å². The Labute approximate surface area is 105 Å². The fraction of sp³-hybridized carbons (Fsp3) is 0.500. The molecule has 1 heterocycles. The number of aliphatic hydroxyl groups is 2. The van der Waals surface area contributed by atoms with Gasteiger partial charge in [0, 0.05) is 11.3 Å². The Balaban J connectivity index is 3.17. The van der Waals surface area contributed by atoms with Crippen LogP contribution in [0.2, 0.25) is 0 Å². The van der Waals surface area contributed by atoms with Crippen LogP contribution in [0.1, 0.15) is 40.3 Å². The van der Waals surface area contributed by atoms with Crippen LogP contribution in [0.25, 0.3) is 0 Å². The lowest BCUT2D eigenvalue weighted by Crippen LogP contribution is -2.17. The number of carbonyl (C=O) groups is 1. The number of hydrogen-bond acceptors (Lipinski definition) is 5. The summed E-state index contributed by atoms with van der Waals surface area (Å²) >= 11 is 0. The molecule has 2 unspecified atom stereocenters. The number of aromatic amines is 1. The van der Waals surface area contributed by atoms with Crippen LogP contribution >= 0.6 is 0 Å². The van der Waals surface area contributed by atoms with E-state index in [1.54, 1.807) is 26.8 Å². The normalized spacial score (nSPS) is 13.8. The molecule has 1 rings (SSSR count). The fourth-order valence-corrected chi connectivity index (χ4v) is 1.84. The summed E-state index contributed by atoms with van der Waals surface area (Å²) < 4.78 is 4.86. The van der Waals surface area contributed by atoms with Crippen LogP contribution in [-0.2, 0) is 4.74 Å². The predicted octanol–water partition coefficient (Wildman–Crippen LogP) is 0.726. The third-order valence-corrected chi connectivity index (χ3v) is 2.70. The molecule has 0 aliphatic heterocycles. The second kappa shape index (κ2) is 5.67. The van der Waals surface area contributed by atoms with Crippen LogP contribution < -0.4 is 0 Å². The number of hydrogen-bond donors (Lipinski definition) is 3. The monoisotopic (exact) mass is 252 g/mol. The molecule has 0 fully saturated rings. The second-order valence-electron chi connectivity index (χ2n) is 3.90. The minimum Gasteiger partial charge on any atom is -0.461 e. The maximum Gasteiger partial charge on any atom is 0.355 e. The number of nitriles is 1. The Morgan fingerprint density at radius 3 is 2.61 bits per heavy atom. The third kappa shape index (κ3) is 2.53. The number of carbonyl (C=O) groups excluding carboxylic acids is 1. The van der Waals surface area contributed by atoms with E-state index in [1.807, 2.05) is 0 Å². The van der Waals surface area contributed by atoms with Gasteiger partial charge in [0.2, 0.25) is 0 Å². The summed E-state index contributed by atoms with van der Waals surface area (Å²) in [7, 11) is 0. The Morgan fingerprint density at radius 1 is 1.50 bits per heavy atom.